The molecule has 1 aromatic heterocycles. The molecule has 0 bridgehead atoms. The molecule has 0 saturated heterocycles. The standard InChI is InChI=1S/C11H14N6/c1-9-3-5-10(6-4-9)13-12-8-7-11-14-15-16-17(11)2/h3-8,12-13H,1-2H3/b8-7+. The van der Waals surface area contributed by atoms with Crippen LogP contribution in [0.4, 0.5) is 5.69 Å². The largest absolute Gasteiger partial charge is 0.308 e. The summed E-state index contributed by atoms with van der Waals surface area (Å²) >= 11 is 0. The van der Waals surface area contributed by atoms with Crippen molar-refractivity contribution in [2.45, 2.75) is 6.92 Å². The van der Waals surface area contributed by atoms with Crippen molar-refractivity contribution < 1.29 is 0 Å². The SMILES string of the molecule is Cc1ccc(NN/C=C/c2nnnn2C)cc1. The number of hydrazine groups is 1. The van der Waals surface area contributed by atoms with E-state index in [-0.39, 0.29) is 0 Å². The van der Waals surface area contributed by atoms with E-state index in [2.05, 4.69) is 33.3 Å². The lowest BCUT2D eigenvalue weighted by atomic mass is 10.2. The number of hydrogen-bond acceptors (Lipinski definition) is 5. The highest BCUT2D eigenvalue weighted by molar-refractivity contribution is 5.45. The number of nitrogens with zero attached hydrogens (tertiary/aromatic N) is 4. The summed E-state index contributed by atoms with van der Waals surface area (Å²) in [6, 6.07) is 8.08. The third-order valence-corrected chi connectivity index (χ3v) is 2.24. The molecule has 2 rings (SSSR count). The Morgan fingerprint density at radius 1 is 1.24 bits per heavy atom. The molecule has 0 fully saturated rings. The first-order chi connectivity index (χ1) is 8.25. The molecule has 0 spiro atoms. The Bertz CT molecular complexity index is 499. The minimum absolute atomic E-state index is 0.684. The summed E-state index contributed by atoms with van der Waals surface area (Å²) < 4.78 is 1.59. The lowest BCUT2D eigenvalue weighted by Crippen LogP contribution is -2.14. The summed E-state index contributed by atoms with van der Waals surface area (Å²) in [5, 5.41) is 11.1. The third-order valence-electron chi connectivity index (χ3n) is 2.24. The first-order valence-corrected chi connectivity index (χ1v) is 5.23. The molecule has 0 saturated carbocycles. The van der Waals surface area contributed by atoms with Gasteiger partial charge >= 0.3 is 0 Å². The van der Waals surface area contributed by atoms with Crippen molar-refractivity contribution in [1.82, 2.24) is 25.6 Å². The van der Waals surface area contributed by atoms with E-state index < -0.39 is 0 Å². The Morgan fingerprint density at radius 3 is 2.65 bits per heavy atom. The van der Waals surface area contributed by atoms with Crippen molar-refractivity contribution in [2.24, 2.45) is 7.05 Å². The van der Waals surface area contributed by atoms with Crippen LogP contribution in [0.15, 0.2) is 30.5 Å². The fourth-order valence-electron chi connectivity index (χ4n) is 1.26. The third kappa shape index (κ3) is 3.04. The summed E-state index contributed by atoms with van der Waals surface area (Å²) in [7, 11) is 1.78. The van der Waals surface area contributed by atoms with Gasteiger partial charge in [0.2, 0.25) is 0 Å². The molecule has 6 nitrogen and oxygen atoms in total. The van der Waals surface area contributed by atoms with Crippen LogP contribution in [0.3, 0.4) is 0 Å². The highest BCUT2D eigenvalue weighted by Crippen LogP contribution is 2.06. The summed E-state index contributed by atoms with van der Waals surface area (Å²) in [6.45, 7) is 2.05. The smallest absolute Gasteiger partial charge is 0.175 e. The first kappa shape index (κ1) is 11.1. The summed E-state index contributed by atoms with van der Waals surface area (Å²) in [5.74, 6) is 0.684. The summed E-state index contributed by atoms with van der Waals surface area (Å²) in [6.07, 6.45) is 3.52. The average Bonchev–Trinajstić information content (AvgIpc) is 2.73. The quantitative estimate of drug-likeness (QED) is 0.770. The van der Waals surface area contributed by atoms with Crippen LogP contribution < -0.4 is 10.9 Å². The van der Waals surface area contributed by atoms with Crippen molar-refractivity contribution >= 4 is 11.8 Å². The van der Waals surface area contributed by atoms with Gasteiger partial charge in [0.05, 0.1) is 5.69 Å². The minimum atomic E-state index is 0.684. The molecule has 0 aliphatic carbocycles. The molecule has 1 heterocycles. The van der Waals surface area contributed by atoms with Crippen LogP contribution in [0.5, 0.6) is 0 Å². The highest BCUT2D eigenvalue weighted by Gasteiger charge is 1.94. The van der Waals surface area contributed by atoms with Gasteiger partial charge in [0.15, 0.2) is 5.82 Å². The maximum Gasteiger partial charge on any atom is 0.175 e. The van der Waals surface area contributed by atoms with Gasteiger partial charge in [0, 0.05) is 19.3 Å². The van der Waals surface area contributed by atoms with Gasteiger partial charge in [-0.1, -0.05) is 17.7 Å². The van der Waals surface area contributed by atoms with E-state index in [0.29, 0.717) is 5.82 Å². The lowest BCUT2D eigenvalue weighted by molar-refractivity contribution is 0.706. The van der Waals surface area contributed by atoms with E-state index >= 15 is 0 Å². The molecule has 88 valence electrons. The molecule has 6 heteroatoms. The number of nitrogens with one attached hydrogen (secondary N) is 2. The van der Waals surface area contributed by atoms with Gasteiger partial charge in [0.1, 0.15) is 0 Å². The molecule has 0 aliphatic heterocycles. The second kappa shape index (κ2) is 5.11. The van der Waals surface area contributed by atoms with Gasteiger partial charge in [-0.25, -0.2) is 4.68 Å². The Morgan fingerprint density at radius 2 is 2.00 bits per heavy atom. The summed E-state index contributed by atoms with van der Waals surface area (Å²) in [5.41, 5.74) is 8.22. The fourth-order valence-corrected chi connectivity index (χ4v) is 1.26. The Balaban J connectivity index is 1.85. The van der Waals surface area contributed by atoms with E-state index in [4.69, 9.17) is 0 Å². The van der Waals surface area contributed by atoms with Crippen molar-refractivity contribution in [3.8, 4) is 0 Å². The van der Waals surface area contributed by atoms with Gasteiger partial charge in [-0.2, -0.15) is 0 Å². The molecule has 0 radical (unpaired) electrons. The molecule has 2 N–H and O–H groups in total. The van der Waals surface area contributed by atoms with Crippen molar-refractivity contribution in [1.29, 1.82) is 0 Å². The molecular weight excluding hydrogens is 216 g/mol. The Kier molecular flexibility index (Phi) is 3.34. The second-order valence-electron chi connectivity index (χ2n) is 3.63. The predicted octanol–water partition coefficient (Wildman–Crippen LogP) is 1.11. The molecule has 0 atom stereocenters. The van der Waals surface area contributed by atoms with E-state index in [1.807, 2.05) is 24.3 Å². The number of hydrogen-bond donors (Lipinski definition) is 2. The maximum absolute atomic E-state index is 3.82. The zero-order valence-electron chi connectivity index (χ0n) is 9.75. The van der Waals surface area contributed by atoms with Gasteiger partial charge < -0.3 is 10.9 Å². The van der Waals surface area contributed by atoms with Crippen LogP contribution in [-0.4, -0.2) is 20.2 Å². The van der Waals surface area contributed by atoms with Crippen LogP contribution in [0.1, 0.15) is 11.4 Å². The molecule has 1 aromatic carbocycles. The van der Waals surface area contributed by atoms with Gasteiger partial charge in [-0.3, -0.25) is 0 Å². The monoisotopic (exact) mass is 230 g/mol. The Hall–Kier alpha value is -2.37. The van der Waals surface area contributed by atoms with Crippen LogP contribution in [0.25, 0.3) is 6.08 Å². The van der Waals surface area contributed by atoms with Crippen LogP contribution in [0, 0.1) is 6.92 Å². The molecule has 0 amide bonds. The minimum Gasteiger partial charge on any atom is -0.308 e. The molecular formula is C11H14N6. The van der Waals surface area contributed by atoms with Crippen molar-refractivity contribution in [2.75, 3.05) is 5.43 Å². The molecule has 2 aromatic rings. The molecule has 0 unspecified atom stereocenters. The predicted molar refractivity (Wildman–Crippen MR) is 65.8 cm³/mol. The fraction of sp³-hybridized carbons (Fsp3) is 0.182. The number of rotatable bonds is 4. The Labute approximate surface area is 99.3 Å². The average molecular weight is 230 g/mol. The van der Waals surface area contributed by atoms with Gasteiger partial charge in [-0.15, -0.1) is 5.10 Å². The van der Waals surface area contributed by atoms with E-state index in [0.717, 1.165) is 5.69 Å². The molecule has 17 heavy (non-hydrogen) atoms. The second-order valence-corrected chi connectivity index (χ2v) is 3.63. The number of aromatic nitrogens is 4. The molecule has 0 aliphatic rings. The number of tetrazole rings is 1. The zero-order chi connectivity index (χ0) is 12.1. The van der Waals surface area contributed by atoms with Crippen LogP contribution in [0.2, 0.25) is 0 Å². The van der Waals surface area contributed by atoms with Gasteiger partial charge in [0.25, 0.3) is 0 Å². The van der Waals surface area contributed by atoms with E-state index in [1.54, 1.807) is 24.0 Å². The normalized spacial score (nSPS) is 10.7. The topological polar surface area (TPSA) is 67.7 Å². The van der Waals surface area contributed by atoms with Crippen molar-refractivity contribution in [3.05, 3.63) is 41.9 Å². The highest BCUT2D eigenvalue weighted by atomic mass is 15.5. The van der Waals surface area contributed by atoms with Crippen LogP contribution in [-0.2, 0) is 7.05 Å². The van der Waals surface area contributed by atoms with Gasteiger partial charge in [-0.05, 0) is 29.5 Å². The maximum atomic E-state index is 3.82. The van der Waals surface area contributed by atoms with Crippen molar-refractivity contribution in [3.63, 3.8) is 0 Å². The number of aryl methyl sites for hydroxylation is 2. The zero-order valence-corrected chi connectivity index (χ0v) is 9.75. The van der Waals surface area contributed by atoms with E-state index in [1.165, 1.54) is 5.56 Å². The number of anilines is 1. The van der Waals surface area contributed by atoms with E-state index in [9.17, 15) is 0 Å². The summed E-state index contributed by atoms with van der Waals surface area (Å²) in [4.78, 5) is 0. The van der Waals surface area contributed by atoms with Crippen LogP contribution >= 0.6 is 0 Å². The number of benzene rings is 1. The lowest BCUT2D eigenvalue weighted by Gasteiger charge is -2.05. The first-order valence-electron chi connectivity index (χ1n) is 5.23.